The van der Waals surface area contributed by atoms with Gasteiger partial charge in [0.25, 0.3) is 0 Å². The molecule has 0 bridgehead atoms. The fourth-order valence-corrected chi connectivity index (χ4v) is 4.03. The van der Waals surface area contributed by atoms with E-state index in [9.17, 15) is 0 Å². The largest absolute Gasteiger partial charge is 0.354 e. The van der Waals surface area contributed by atoms with Crippen molar-refractivity contribution in [2.24, 2.45) is 0 Å². The van der Waals surface area contributed by atoms with E-state index in [1.54, 1.807) is 0 Å². The van der Waals surface area contributed by atoms with Crippen LogP contribution in [0.4, 0.5) is 0 Å². The molecule has 3 rings (SSSR count). The highest BCUT2D eigenvalue weighted by Crippen LogP contribution is 2.42. The maximum atomic E-state index is 7.16. The van der Waals surface area contributed by atoms with Gasteiger partial charge in [0.2, 0.25) is 0 Å². The minimum Gasteiger partial charge on any atom is -0.354 e. The van der Waals surface area contributed by atoms with Gasteiger partial charge in [0, 0.05) is 0 Å². The fraction of sp³-hybridized carbons (Fsp3) is 0.310. The fourth-order valence-electron chi connectivity index (χ4n) is 4.03. The van der Waals surface area contributed by atoms with Crippen LogP contribution in [0.1, 0.15) is 62.6 Å². The molecule has 0 spiro atoms. The first-order chi connectivity index (χ1) is 14.8. The lowest BCUT2D eigenvalue weighted by Crippen LogP contribution is -2.36. The lowest BCUT2D eigenvalue weighted by molar-refractivity contribution is -0.0287. The number of allylic oxidation sites excluding steroid dienone is 1. The number of hydrogen-bond donors (Lipinski definition) is 0. The van der Waals surface area contributed by atoms with Gasteiger partial charge in [-0.1, -0.05) is 136 Å². The Morgan fingerprint density at radius 3 is 1.57 bits per heavy atom. The molecule has 0 saturated carbocycles. The van der Waals surface area contributed by atoms with E-state index >= 15 is 0 Å². The summed E-state index contributed by atoms with van der Waals surface area (Å²) < 4.78 is 7.16. The number of ether oxygens (including phenoxy) is 1. The first-order valence-corrected chi connectivity index (χ1v) is 11.3. The summed E-state index contributed by atoms with van der Waals surface area (Å²) in [6.45, 7) is 4.43. The number of rotatable bonds is 11. The molecule has 1 nitrogen and oxygen atoms in total. The second-order valence-electron chi connectivity index (χ2n) is 7.77. The first kappa shape index (κ1) is 22.1. The van der Waals surface area contributed by atoms with E-state index in [1.807, 2.05) is 0 Å². The van der Waals surface area contributed by atoms with Crippen LogP contribution in [0.15, 0.2) is 103 Å². The molecule has 0 N–H and O–H groups in total. The van der Waals surface area contributed by atoms with Crippen LogP contribution in [-0.4, -0.2) is 6.10 Å². The monoisotopic (exact) mass is 398 g/mol. The summed E-state index contributed by atoms with van der Waals surface area (Å²) in [6, 6.07) is 32.0. The Labute approximate surface area is 182 Å². The normalized spacial score (nSPS) is 12.9. The summed E-state index contributed by atoms with van der Waals surface area (Å²) in [6.07, 6.45) is 10.2. The highest BCUT2D eigenvalue weighted by molar-refractivity contribution is 5.47. The van der Waals surface area contributed by atoms with Crippen LogP contribution in [-0.2, 0) is 10.3 Å². The SMILES string of the molecule is CCC=CC(CCCCC)OC(c1ccccc1)(c1ccccc1)c1ccccc1. The van der Waals surface area contributed by atoms with Gasteiger partial charge >= 0.3 is 0 Å². The van der Waals surface area contributed by atoms with Gasteiger partial charge in [-0.2, -0.15) is 0 Å². The molecule has 156 valence electrons. The van der Waals surface area contributed by atoms with E-state index in [-0.39, 0.29) is 6.10 Å². The molecular weight excluding hydrogens is 364 g/mol. The van der Waals surface area contributed by atoms with E-state index < -0.39 is 5.60 Å². The standard InChI is InChI=1S/C29H34O/c1-3-5-10-24-28(23-6-4-2)30-29(25-17-11-7-12-18-25,26-19-13-8-14-20-26)27-21-15-9-16-22-27/h6-9,11-23,28H,3-5,10,24H2,1-2H3. The molecule has 0 aliphatic carbocycles. The maximum absolute atomic E-state index is 7.16. The van der Waals surface area contributed by atoms with Crippen LogP contribution < -0.4 is 0 Å². The molecule has 1 unspecified atom stereocenters. The van der Waals surface area contributed by atoms with Gasteiger partial charge in [-0.25, -0.2) is 0 Å². The zero-order valence-electron chi connectivity index (χ0n) is 18.3. The molecule has 0 aromatic heterocycles. The Hall–Kier alpha value is -2.64. The molecular formula is C29H34O. The van der Waals surface area contributed by atoms with Gasteiger partial charge in [0.05, 0.1) is 6.10 Å². The molecule has 0 aliphatic rings. The molecule has 3 aromatic carbocycles. The highest BCUT2D eigenvalue weighted by atomic mass is 16.5. The van der Waals surface area contributed by atoms with Gasteiger partial charge in [-0.05, 0) is 29.5 Å². The Kier molecular flexibility index (Phi) is 8.47. The topological polar surface area (TPSA) is 9.23 Å². The van der Waals surface area contributed by atoms with Crippen molar-refractivity contribution in [3.63, 3.8) is 0 Å². The van der Waals surface area contributed by atoms with Crippen LogP contribution in [0, 0.1) is 0 Å². The van der Waals surface area contributed by atoms with Crippen molar-refractivity contribution >= 4 is 0 Å². The summed E-state index contributed by atoms with van der Waals surface area (Å²) >= 11 is 0. The molecule has 3 aromatic rings. The molecule has 1 atom stereocenters. The summed E-state index contributed by atoms with van der Waals surface area (Å²) in [4.78, 5) is 0. The Morgan fingerprint density at radius 2 is 1.17 bits per heavy atom. The summed E-state index contributed by atoms with van der Waals surface area (Å²) in [7, 11) is 0. The number of unbranched alkanes of at least 4 members (excludes halogenated alkanes) is 2. The van der Waals surface area contributed by atoms with E-state index in [0.717, 1.165) is 29.5 Å². The summed E-state index contributed by atoms with van der Waals surface area (Å²) in [5, 5.41) is 0. The molecule has 0 fully saturated rings. The van der Waals surface area contributed by atoms with Crippen molar-refractivity contribution in [3.8, 4) is 0 Å². The third kappa shape index (κ3) is 5.29. The van der Waals surface area contributed by atoms with Crippen molar-refractivity contribution in [3.05, 3.63) is 120 Å². The first-order valence-electron chi connectivity index (χ1n) is 11.3. The van der Waals surface area contributed by atoms with Crippen LogP contribution in [0.25, 0.3) is 0 Å². The Balaban J connectivity index is 2.15. The predicted molar refractivity (Wildman–Crippen MR) is 128 cm³/mol. The number of benzene rings is 3. The van der Waals surface area contributed by atoms with Crippen molar-refractivity contribution in [2.75, 3.05) is 0 Å². The average molecular weight is 399 g/mol. The summed E-state index contributed by atoms with van der Waals surface area (Å²) in [5.74, 6) is 0. The average Bonchev–Trinajstić information content (AvgIpc) is 2.82. The smallest absolute Gasteiger partial charge is 0.144 e. The van der Waals surface area contributed by atoms with Crippen molar-refractivity contribution < 1.29 is 4.74 Å². The minimum atomic E-state index is -0.654. The Bertz CT molecular complexity index is 771. The molecule has 0 radical (unpaired) electrons. The van der Waals surface area contributed by atoms with E-state index in [0.29, 0.717) is 0 Å². The van der Waals surface area contributed by atoms with Crippen molar-refractivity contribution in [1.29, 1.82) is 0 Å². The zero-order chi connectivity index (χ0) is 21.1. The lowest BCUT2D eigenvalue weighted by Gasteiger charge is -2.38. The van der Waals surface area contributed by atoms with Gasteiger partial charge in [0.1, 0.15) is 5.60 Å². The molecule has 1 heteroatoms. The van der Waals surface area contributed by atoms with Gasteiger partial charge < -0.3 is 4.74 Å². The zero-order valence-corrected chi connectivity index (χ0v) is 18.3. The molecule has 0 aliphatic heterocycles. The predicted octanol–water partition coefficient (Wildman–Crippen LogP) is 7.91. The van der Waals surface area contributed by atoms with E-state index in [1.165, 1.54) is 19.3 Å². The quantitative estimate of drug-likeness (QED) is 0.181. The number of hydrogen-bond acceptors (Lipinski definition) is 1. The molecule has 0 heterocycles. The highest BCUT2D eigenvalue weighted by Gasteiger charge is 2.39. The van der Waals surface area contributed by atoms with Gasteiger partial charge in [0.15, 0.2) is 0 Å². The Morgan fingerprint density at radius 1 is 0.700 bits per heavy atom. The second-order valence-corrected chi connectivity index (χ2v) is 7.77. The van der Waals surface area contributed by atoms with E-state index in [4.69, 9.17) is 4.74 Å². The van der Waals surface area contributed by atoms with E-state index in [2.05, 4.69) is 117 Å². The third-order valence-corrected chi connectivity index (χ3v) is 5.55. The molecule has 0 saturated heterocycles. The third-order valence-electron chi connectivity index (χ3n) is 5.55. The minimum absolute atomic E-state index is 0.0529. The second kappa shape index (κ2) is 11.5. The van der Waals surface area contributed by atoms with Crippen LogP contribution in [0.3, 0.4) is 0 Å². The van der Waals surface area contributed by atoms with Crippen LogP contribution >= 0.6 is 0 Å². The summed E-state index contributed by atoms with van der Waals surface area (Å²) in [5.41, 5.74) is 2.83. The lowest BCUT2D eigenvalue weighted by atomic mass is 9.79. The van der Waals surface area contributed by atoms with Crippen molar-refractivity contribution in [1.82, 2.24) is 0 Å². The van der Waals surface area contributed by atoms with Crippen LogP contribution in [0.2, 0.25) is 0 Å². The molecule has 0 amide bonds. The molecule has 30 heavy (non-hydrogen) atoms. The van der Waals surface area contributed by atoms with Crippen LogP contribution in [0.5, 0.6) is 0 Å². The maximum Gasteiger partial charge on any atom is 0.144 e. The van der Waals surface area contributed by atoms with Crippen molar-refractivity contribution in [2.45, 2.75) is 57.7 Å². The van der Waals surface area contributed by atoms with Gasteiger partial charge in [-0.15, -0.1) is 0 Å². The van der Waals surface area contributed by atoms with Gasteiger partial charge in [-0.3, -0.25) is 0 Å².